The number of hydrogen-bond donors (Lipinski definition) is 1. The van der Waals surface area contributed by atoms with E-state index in [0.29, 0.717) is 6.54 Å². The minimum atomic E-state index is 0.110. The van der Waals surface area contributed by atoms with E-state index in [4.69, 9.17) is 10.5 Å². The molecule has 2 N–H and O–H groups in total. The fraction of sp³-hybridized carbons (Fsp3) is 0.500. The zero-order valence-electron chi connectivity index (χ0n) is 9.42. The van der Waals surface area contributed by atoms with E-state index in [1.165, 1.54) is 5.56 Å². The van der Waals surface area contributed by atoms with Gasteiger partial charge in [-0.3, -0.25) is 0 Å². The van der Waals surface area contributed by atoms with E-state index in [1.54, 1.807) is 7.11 Å². The van der Waals surface area contributed by atoms with E-state index in [1.807, 2.05) is 6.07 Å². The molecule has 0 radical (unpaired) electrons. The summed E-state index contributed by atoms with van der Waals surface area (Å²) in [4.78, 5) is 0. The molecule has 0 spiro atoms. The van der Waals surface area contributed by atoms with Gasteiger partial charge in [-0.15, -0.1) is 0 Å². The normalized spacial score (nSPS) is 11.5. The molecule has 0 aromatic heterocycles. The molecule has 0 amide bonds. The largest absolute Gasteiger partial charge is 0.496 e. The molecule has 0 heterocycles. The third-order valence-corrected chi connectivity index (χ3v) is 2.31. The van der Waals surface area contributed by atoms with Gasteiger partial charge in [-0.1, -0.05) is 32.9 Å². The van der Waals surface area contributed by atoms with Crippen molar-refractivity contribution in [2.75, 3.05) is 7.11 Å². The first-order valence-electron chi connectivity index (χ1n) is 4.86. The summed E-state index contributed by atoms with van der Waals surface area (Å²) in [5.74, 6) is 0.931. The van der Waals surface area contributed by atoms with Crippen LogP contribution in [0.2, 0.25) is 0 Å². The molecule has 0 unspecified atom stereocenters. The summed E-state index contributed by atoms with van der Waals surface area (Å²) in [7, 11) is 1.70. The Balaban J connectivity index is 3.18. The first-order chi connectivity index (χ1) is 6.49. The minimum Gasteiger partial charge on any atom is -0.496 e. The molecule has 0 saturated heterocycles. The molecule has 2 nitrogen and oxygen atoms in total. The molecular formula is C12H19NO. The van der Waals surface area contributed by atoms with E-state index < -0.39 is 0 Å². The van der Waals surface area contributed by atoms with Gasteiger partial charge in [0, 0.05) is 6.54 Å². The third kappa shape index (κ3) is 2.26. The molecule has 1 aromatic carbocycles. The summed E-state index contributed by atoms with van der Waals surface area (Å²) < 4.78 is 5.36. The van der Waals surface area contributed by atoms with Crippen LogP contribution in [0.25, 0.3) is 0 Å². The highest BCUT2D eigenvalue weighted by molar-refractivity contribution is 5.41. The fourth-order valence-corrected chi connectivity index (χ4v) is 1.48. The van der Waals surface area contributed by atoms with Crippen LogP contribution in [0.4, 0.5) is 0 Å². The van der Waals surface area contributed by atoms with E-state index in [0.717, 1.165) is 11.3 Å². The second-order valence-corrected chi connectivity index (χ2v) is 4.49. The maximum atomic E-state index is 5.58. The Bertz CT molecular complexity index is 313. The average molecular weight is 193 g/mol. The van der Waals surface area contributed by atoms with Crippen molar-refractivity contribution in [2.24, 2.45) is 5.73 Å². The lowest BCUT2D eigenvalue weighted by Gasteiger charge is -2.22. The van der Waals surface area contributed by atoms with Gasteiger partial charge < -0.3 is 10.5 Å². The second kappa shape index (κ2) is 4.01. The smallest absolute Gasteiger partial charge is 0.122 e. The lowest BCUT2D eigenvalue weighted by Crippen LogP contribution is -2.13. The van der Waals surface area contributed by atoms with Gasteiger partial charge in [0.2, 0.25) is 0 Å². The van der Waals surface area contributed by atoms with Crippen LogP contribution in [0, 0.1) is 0 Å². The van der Waals surface area contributed by atoms with Crippen LogP contribution < -0.4 is 10.5 Å². The van der Waals surface area contributed by atoms with Crippen molar-refractivity contribution >= 4 is 0 Å². The van der Waals surface area contributed by atoms with E-state index >= 15 is 0 Å². The number of hydrogen-bond acceptors (Lipinski definition) is 2. The van der Waals surface area contributed by atoms with Crippen LogP contribution >= 0.6 is 0 Å². The molecule has 0 saturated carbocycles. The Kier molecular flexibility index (Phi) is 3.17. The molecule has 2 heteroatoms. The SMILES string of the molecule is COc1cc(CN)ccc1C(C)(C)C. The predicted molar refractivity (Wildman–Crippen MR) is 59.6 cm³/mol. The summed E-state index contributed by atoms with van der Waals surface area (Å²) in [5, 5.41) is 0. The van der Waals surface area contributed by atoms with Crippen LogP contribution in [-0.2, 0) is 12.0 Å². The summed E-state index contributed by atoms with van der Waals surface area (Å²) in [6.45, 7) is 7.08. The fourth-order valence-electron chi connectivity index (χ4n) is 1.48. The molecule has 0 aliphatic rings. The van der Waals surface area contributed by atoms with Crippen LogP contribution in [-0.4, -0.2) is 7.11 Å². The molecule has 78 valence electrons. The monoisotopic (exact) mass is 193 g/mol. The van der Waals surface area contributed by atoms with Gasteiger partial charge in [0.05, 0.1) is 7.11 Å². The van der Waals surface area contributed by atoms with Gasteiger partial charge in [-0.25, -0.2) is 0 Å². The highest BCUT2D eigenvalue weighted by Gasteiger charge is 2.18. The van der Waals surface area contributed by atoms with Crippen LogP contribution in [0.15, 0.2) is 18.2 Å². The Hall–Kier alpha value is -1.02. The Labute approximate surface area is 86.1 Å². The first kappa shape index (κ1) is 11.1. The summed E-state index contributed by atoms with van der Waals surface area (Å²) in [6, 6.07) is 6.17. The summed E-state index contributed by atoms with van der Waals surface area (Å²) in [6.07, 6.45) is 0. The molecule has 0 fully saturated rings. The zero-order chi connectivity index (χ0) is 10.8. The van der Waals surface area contributed by atoms with Crippen molar-refractivity contribution in [3.8, 4) is 5.75 Å². The average Bonchev–Trinajstić information content (AvgIpc) is 2.15. The van der Waals surface area contributed by atoms with Gasteiger partial charge in [0.15, 0.2) is 0 Å². The number of ether oxygens (including phenoxy) is 1. The van der Waals surface area contributed by atoms with Crippen molar-refractivity contribution < 1.29 is 4.74 Å². The van der Waals surface area contributed by atoms with Gasteiger partial charge in [-0.05, 0) is 22.6 Å². The Morgan fingerprint density at radius 1 is 1.29 bits per heavy atom. The van der Waals surface area contributed by atoms with Crippen molar-refractivity contribution in [2.45, 2.75) is 32.7 Å². The van der Waals surface area contributed by atoms with Crippen LogP contribution in [0.3, 0.4) is 0 Å². The number of nitrogens with two attached hydrogens (primary N) is 1. The first-order valence-corrected chi connectivity index (χ1v) is 4.86. The molecule has 0 atom stereocenters. The number of rotatable bonds is 2. The van der Waals surface area contributed by atoms with Gasteiger partial charge >= 0.3 is 0 Å². The van der Waals surface area contributed by atoms with Crippen molar-refractivity contribution in [3.05, 3.63) is 29.3 Å². The maximum absolute atomic E-state index is 5.58. The van der Waals surface area contributed by atoms with Crippen molar-refractivity contribution in [3.63, 3.8) is 0 Å². The maximum Gasteiger partial charge on any atom is 0.122 e. The third-order valence-electron chi connectivity index (χ3n) is 2.31. The van der Waals surface area contributed by atoms with E-state index in [2.05, 4.69) is 32.9 Å². The standard InChI is InChI=1S/C12H19NO/c1-12(2,3)10-6-5-9(8-13)7-11(10)14-4/h5-7H,8,13H2,1-4H3. The quantitative estimate of drug-likeness (QED) is 0.783. The van der Waals surface area contributed by atoms with Gasteiger partial charge in [0.1, 0.15) is 5.75 Å². The molecule has 0 aliphatic heterocycles. The zero-order valence-corrected chi connectivity index (χ0v) is 9.42. The summed E-state index contributed by atoms with van der Waals surface area (Å²) >= 11 is 0. The van der Waals surface area contributed by atoms with Gasteiger partial charge in [0.25, 0.3) is 0 Å². The van der Waals surface area contributed by atoms with E-state index in [-0.39, 0.29) is 5.41 Å². The van der Waals surface area contributed by atoms with Crippen molar-refractivity contribution in [1.82, 2.24) is 0 Å². The number of methoxy groups -OCH3 is 1. The molecule has 0 bridgehead atoms. The Morgan fingerprint density at radius 3 is 2.36 bits per heavy atom. The molecule has 1 aromatic rings. The Morgan fingerprint density at radius 2 is 1.93 bits per heavy atom. The molecule has 1 rings (SSSR count). The van der Waals surface area contributed by atoms with Crippen LogP contribution in [0.5, 0.6) is 5.75 Å². The topological polar surface area (TPSA) is 35.2 Å². The van der Waals surface area contributed by atoms with Gasteiger partial charge in [-0.2, -0.15) is 0 Å². The minimum absolute atomic E-state index is 0.110. The molecular weight excluding hydrogens is 174 g/mol. The highest BCUT2D eigenvalue weighted by atomic mass is 16.5. The molecule has 14 heavy (non-hydrogen) atoms. The van der Waals surface area contributed by atoms with Crippen LogP contribution in [0.1, 0.15) is 31.9 Å². The predicted octanol–water partition coefficient (Wildman–Crippen LogP) is 2.45. The molecule has 0 aliphatic carbocycles. The lowest BCUT2D eigenvalue weighted by atomic mass is 9.86. The van der Waals surface area contributed by atoms with E-state index in [9.17, 15) is 0 Å². The second-order valence-electron chi connectivity index (χ2n) is 4.49. The number of benzene rings is 1. The van der Waals surface area contributed by atoms with Crippen molar-refractivity contribution in [1.29, 1.82) is 0 Å². The highest BCUT2D eigenvalue weighted by Crippen LogP contribution is 2.31. The summed E-state index contributed by atoms with van der Waals surface area (Å²) in [5.41, 5.74) is 8.01. The lowest BCUT2D eigenvalue weighted by molar-refractivity contribution is 0.397.